The van der Waals surface area contributed by atoms with Crippen molar-refractivity contribution < 1.29 is 17.9 Å². The lowest BCUT2D eigenvalue weighted by Crippen LogP contribution is -2.14. The van der Waals surface area contributed by atoms with E-state index in [2.05, 4.69) is 15.0 Å². The average Bonchev–Trinajstić information content (AvgIpc) is 3.60. The van der Waals surface area contributed by atoms with Crippen LogP contribution in [0.2, 0.25) is 0 Å². The second-order valence-electron chi connectivity index (χ2n) is 8.15. The van der Waals surface area contributed by atoms with E-state index in [4.69, 9.17) is 18.7 Å². The summed E-state index contributed by atoms with van der Waals surface area (Å²) in [5, 5.41) is 6.37. The molecule has 10 heteroatoms. The summed E-state index contributed by atoms with van der Waals surface area (Å²) < 4.78 is 33.9. The Morgan fingerprint density at radius 1 is 1.05 bits per heavy atom. The number of nitrogens with zero attached hydrogens (tertiary/aromatic N) is 2. The van der Waals surface area contributed by atoms with Crippen LogP contribution >= 0.6 is 11.3 Å². The van der Waals surface area contributed by atoms with Crippen molar-refractivity contribution in [1.82, 2.24) is 9.97 Å². The Morgan fingerprint density at radius 3 is 2.59 bits per heavy atom. The Hall–Kier alpha value is -3.99. The van der Waals surface area contributed by atoms with E-state index in [1.165, 1.54) is 0 Å². The number of benzene rings is 3. The van der Waals surface area contributed by atoms with Gasteiger partial charge in [-0.05, 0) is 36.2 Å². The van der Waals surface area contributed by atoms with Crippen LogP contribution in [0.15, 0.2) is 94.9 Å². The van der Waals surface area contributed by atoms with Gasteiger partial charge < -0.3 is 14.5 Å². The summed E-state index contributed by atoms with van der Waals surface area (Å²) in [7, 11) is 1.63. The molecule has 0 aliphatic heterocycles. The van der Waals surface area contributed by atoms with Crippen LogP contribution in [0, 0.1) is 0 Å². The highest BCUT2D eigenvalue weighted by Gasteiger charge is 2.19. The summed E-state index contributed by atoms with van der Waals surface area (Å²) in [6, 6.07) is 25.2. The lowest BCUT2D eigenvalue weighted by molar-refractivity contribution is 0.415. The number of anilines is 2. The molecule has 8 nitrogen and oxygen atoms in total. The number of rotatable bonds is 10. The van der Waals surface area contributed by atoms with E-state index in [9.17, 15) is 4.21 Å². The average molecular weight is 533 g/mol. The minimum Gasteiger partial charge on any atom is -0.497 e. The Kier molecular flexibility index (Phi) is 7.59. The quantitative estimate of drug-likeness (QED) is 0.178. The van der Waals surface area contributed by atoms with E-state index in [1.807, 2.05) is 72.1 Å². The van der Waals surface area contributed by atoms with Crippen molar-refractivity contribution in [3.8, 4) is 27.6 Å². The molecule has 0 aliphatic carbocycles. The summed E-state index contributed by atoms with van der Waals surface area (Å²) in [6.45, 7) is 0. The minimum absolute atomic E-state index is 0.226. The molecule has 3 N–H and O–H groups in total. The van der Waals surface area contributed by atoms with Crippen molar-refractivity contribution in [1.29, 1.82) is 0 Å². The van der Waals surface area contributed by atoms with E-state index in [-0.39, 0.29) is 6.04 Å². The molecule has 0 aliphatic rings. The summed E-state index contributed by atoms with van der Waals surface area (Å²) >= 11 is -0.541. The molecule has 0 spiro atoms. The third-order valence-corrected chi connectivity index (χ3v) is 6.98. The van der Waals surface area contributed by atoms with Gasteiger partial charge in [0.05, 0.1) is 25.0 Å². The van der Waals surface area contributed by atoms with Crippen molar-refractivity contribution >= 4 is 34.3 Å². The summed E-state index contributed by atoms with van der Waals surface area (Å²) in [6.07, 6.45) is 2.28. The van der Waals surface area contributed by atoms with Crippen molar-refractivity contribution in [3.63, 3.8) is 0 Å². The fourth-order valence-corrected chi connectivity index (χ4v) is 5.05. The van der Waals surface area contributed by atoms with Gasteiger partial charge in [0.2, 0.25) is 0 Å². The predicted octanol–water partition coefficient (Wildman–Crippen LogP) is 6.42. The zero-order valence-electron chi connectivity index (χ0n) is 19.8. The maximum absolute atomic E-state index is 11.0. The number of hydrogen-bond acceptors (Lipinski definition) is 7. The van der Waals surface area contributed by atoms with E-state index in [0.29, 0.717) is 23.9 Å². The third-order valence-electron chi connectivity index (χ3n) is 5.66. The summed E-state index contributed by atoms with van der Waals surface area (Å²) in [4.78, 5) is 9.35. The SMILES string of the molecule is COc1cccc(-c2cnc(N[C@@H](Cc3ccc(NS(=O)O)cc3)c3csc(-c4ccccc4)n3)o2)c1. The van der Waals surface area contributed by atoms with Crippen LogP contribution in [0.1, 0.15) is 17.3 Å². The van der Waals surface area contributed by atoms with Gasteiger partial charge in [0.25, 0.3) is 17.3 Å². The van der Waals surface area contributed by atoms with Crippen LogP contribution in [0.5, 0.6) is 5.75 Å². The van der Waals surface area contributed by atoms with Gasteiger partial charge in [-0.25, -0.2) is 14.2 Å². The van der Waals surface area contributed by atoms with Crippen LogP contribution in [0.4, 0.5) is 11.7 Å². The maximum atomic E-state index is 11.0. The molecule has 5 rings (SSSR count). The molecule has 188 valence electrons. The van der Waals surface area contributed by atoms with Gasteiger partial charge >= 0.3 is 0 Å². The molecule has 2 aromatic heterocycles. The highest BCUT2D eigenvalue weighted by molar-refractivity contribution is 7.80. The highest BCUT2D eigenvalue weighted by Crippen LogP contribution is 2.31. The maximum Gasteiger partial charge on any atom is 0.295 e. The van der Waals surface area contributed by atoms with Crippen molar-refractivity contribution in [2.45, 2.75) is 12.5 Å². The first-order chi connectivity index (χ1) is 18.1. The molecule has 0 saturated heterocycles. The molecule has 2 atom stereocenters. The number of ether oxygens (including phenoxy) is 1. The van der Waals surface area contributed by atoms with E-state index in [0.717, 1.165) is 33.1 Å². The summed E-state index contributed by atoms with van der Waals surface area (Å²) in [5.74, 6) is 1.36. The van der Waals surface area contributed by atoms with Crippen LogP contribution in [0.25, 0.3) is 21.9 Å². The van der Waals surface area contributed by atoms with Crippen molar-refractivity contribution in [2.24, 2.45) is 0 Å². The van der Waals surface area contributed by atoms with Gasteiger partial charge in [0.15, 0.2) is 5.76 Å². The van der Waals surface area contributed by atoms with Gasteiger partial charge in [0.1, 0.15) is 10.8 Å². The van der Waals surface area contributed by atoms with Gasteiger partial charge in [-0.15, -0.1) is 11.3 Å². The molecular weight excluding hydrogens is 508 g/mol. The first-order valence-electron chi connectivity index (χ1n) is 11.4. The molecule has 1 unspecified atom stereocenters. The monoisotopic (exact) mass is 532 g/mol. The normalized spacial score (nSPS) is 12.6. The predicted molar refractivity (Wildman–Crippen MR) is 147 cm³/mol. The number of oxazole rings is 1. The van der Waals surface area contributed by atoms with Gasteiger partial charge in [0, 0.05) is 22.2 Å². The Morgan fingerprint density at radius 2 is 1.84 bits per heavy atom. The highest BCUT2D eigenvalue weighted by atomic mass is 32.2. The topological polar surface area (TPSA) is 110 Å². The van der Waals surface area contributed by atoms with Crippen molar-refractivity contribution in [3.05, 3.63) is 102 Å². The lowest BCUT2D eigenvalue weighted by Gasteiger charge is -2.16. The molecule has 3 aromatic carbocycles. The van der Waals surface area contributed by atoms with Crippen LogP contribution in [-0.4, -0.2) is 25.8 Å². The molecular formula is C27H24N4O4S2. The summed E-state index contributed by atoms with van der Waals surface area (Å²) in [5.41, 5.74) is 4.36. The second-order valence-corrected chi connectivity index (χ2v) is 9.71. The minimum atomic E-state index is -2.12. The zero-order valence-corrected chi connectivity index (χ0v) is 21.5. The molecule has 0 radical (unpaired) electrons. The molecule has 37 heavy (non-hydrogen) atoms. The van der Waals surface area contributed by atoms with Gasteiger partial charge in [-0.1, -0.05) is 54.6 Å². The fourth-order valence-electron chi connectivity index (χ4n) is 3.83. The standard InChI is InChI=1S/C27H24N4O4S2/c1-34-22-9-5-8-20(15-22)25-16-28-27(35-25)30-23(14-18-10-12-21(13-11-18)31-37(32)33)24-17-36-26(29-24)19-6-3-2-4-7-19/h2-13,15-17,23,31H,14H2,1H3,(H,28,30)(H,32,33)/t23-/m0/s1. The Labute approximate surface area is 220 Å². The number of methoxy groups -OCH3 is 1. The first-order valence-corrected chi connectivity index (χ1v) is 13.4. The first kappa shape index (κ1) is 24.7. The zero-order chi connectivity index (χ0) is 25.6. The molecule has 5 aromatic rings. The van der Waals surface area contributed by atoms with Crippen LogP contribution in [-0.2, 0) is 17.7 Å². The lowest BCUT2D eigenvalue weighted by atomic mass is 10.0. The fraction of sp³-hybridized carbons (Fsp3) is 0.111. The molecule has 0 fully saturated rings. The van der Waals surface area contributed by atoms with Crippen LogP contribution in [0.3, 0.4) is 0 Å². The number of thiazole rings is 1. The molecule has 0 saturated carbocycles. The van der Waals surface area contributed by atoms with Gasteiger partial charge in [-0.3, -0.25) is 9.27 Å². The van der Waals surface area contributed by atoms with Crippen molar-refractivity contribution in [2.75, 3.05) is 17.1 Å². The van der Waals surface area contributed by atoms with E-state index < -0.39 is 11.3 Å². The number of aromatic nitrogens is 2. The van der Waals surface area contributed by atoms with E-state index >= 15 is 0 Å². The second kappa shape index (κ2) is 11.4. The van der Waals surface area contributed by atoms with Gasteiger partial charge in [-0.2, -0.15) is 0 Å². The largest absolute Gasteiger partial charge is 0.497 e. The molecule has 0 amide bonds. The Balaban J connectivity index is 1.41. The Bertz CT molecular complexity index is 1490. The molecule has 2 heterocycles. The third kappa shape index (κ3) is 6.23. The smallest absolute Gasteiger partial charge is 0.295 e. The number of hydrogen-bond donors (Lipinski definition) is 3. The number of nitrogens with one attached hydrogen (secondary N) is 2. The van der Waals surface area contributed by atoms with E-state index in [1.54, 1.807) is 36.8 Å². The van der Waals surface area contributed by atoms with Crippen LogP contribution < -0.4 is 14.8 Å². The molecule has 0 bridgehead atoms.